The molecule has 2 rings (SSSR count). The summed E-state index contributed by atoms with van der Waals surface area (Å²) >= 11 is 3.44. The van der Waals surface area contributed by atoms with E-state index in [2.05, 4.69) is 26.6 Å². The van der Waals surface area contributed by atoms with Crippen molar-refractivity contribution in [1.29, 1.82) is 0 Å². The zero-order valence-electron chi connectivity index (χ0n) is 9.65. The third-order valence-electron chi connectivity index (χ3n) is 2.60. The summed E-state index contributed by atoms with van der Waals surface area (Å²) < 4.78 is 8.04. The van der Waals surface area contributed by atoms with Crippen LogP contribution < -0.4 is 0 Å². The lowest BCUT2D eigenvalue weighted by atomic mass is 10.2. The van der Waals surface area contributed by atoms with Crippen LogP contribution in [0.4, 0.5) is 0 Å². The fourth-order valence-electron chi connectivity index (χ4n) is 1.81. The molecule has 0 fully saturated rings. The smallest absolute Gasteiger partial charge is 0.307 e. The summed E-state index contributed by atoms with van der Waals surface area (Å²) in [6, 6.07) is 8.16. The van der Waals surface area contributed by atoms with Crippen molar-refractivity contribution in [3.05, 3.63) is 34.9 Å². The molecule has 0 saturated heterocycles. The average Bonchev–Trinajstić information content (AvgIpc) is 2.69. The van der Waals surface area contributed by atoms with Crippen molar-refractivity contribution in [3.63, 3.8) is 0 Å². The number of carbonyl (C=O) groups is 1. The number of hydrogen-bond donors (Lipinski definition) is 0. The van der Waals surface area contributed by atoms with E-state index >= 15 is 0 Å². The van der Waals surface area contributed by atoms with Crippen molar-refractivity contribution >= 4 is 32.8 Å². The van der Waals surface area contributed by atoms with Crippen LogP contribution in [-0.2, 0) is 16.1 Å². The highest BCUT2D eigenvalue weighted by Crippen LogP contribution is 2.21. The summed E-state index contributed by atoms with van der Waals surface area (Å²) in [7, 11) is 0. The predicted octanol–water partition coefficient (Wildman–Crippen LogP) is 3.36. The summed E-state index contributed by atoms with van der Waals surface area (Å²) in [5.74, 6) is -0.147. The van der Waals surface area contributed by atoms with E-state index in [1.165, 1.54) is 5.39 Å². The maximum absolute atomic E-state index is 11.3. The highest BCUT2D eigenvalue weighted by molar-refractivity contribution is 9.10. The third kappa shape index (κ3) is 2.88. The Balaban J connectivity index is 2.11. The highest BCUT2D eigenvalue weighted by Gasteiger charge is 2.05. The second-order valence-electron chi connectivity index (χ2n) is 3.77. The standard InChI is InChI=1S/C13H14BrNO2/c1-2-17-13(16)6-8-15-7-5-10-9-11(14)3-4-12(10)15/h3-5,7,9H,2,6,8H2,1H3. The SMILES string of the molecule is CCOC(=O)CCn1ccc2cc(Br)ccc21. The molecule has 0 aliphatic rings. The number of aromatic nitrogens is 1. The van der Waals surface area contributed by atoms with E-state index in [9.17, 15) is 4.79 Å². The molecule has 0 bridgehead atoms. The van der Waals surface area contributed by atoms with E-state index in [1.54, 1.807) is 0 Å². The molecule has 90 valence electrons. The zero-order valence-corrected chi connectivity index (χ0v) is 11.2. The highest BCUT2D eigenvalue weighted by atomic mass is 79.9. The minimum absolute atomic E-state index is 0.147. The Labute approximate surface area is 108 Å². The molecule has 4 heteroatoms. The molecule has 1 heterocycles. The van der Waals surface area contributed by atoms with Gasteiger partial charge in [0.25, 0.3) is 0 Å². The van der Waals surface area contributed by atoms with Gasteiger partial charge < -0.3 is 9.30 Å². The van der Waals surface area contributed by atoms with Gasteiger partial charge in [0.2, 0.25) is 0 Å². The summed E-state index contributed by atoms with van der Waals surface area (Å²) in [4.78, 5) is 11.3. The van der Waals surface area contributed by atoms with Gasteiger partial charge in [-0.1, -0.05) is 15.9 Å². The van der Waals surface area contributed by atoms with E-state index in [0.717, 1.165) is 9.99 Å². The maximum Gasteiger partial charge on any atom is 0.307 e. The van der Waals surface area contributed by atoms with Gasteiger partial charge in [-0.05, 0) is 31.2 Å². The van der Waals surface area contributed by atoms with Gasteiger partial charge in [-0.2, -0.15) is 0 Å². The molecule has 0 unspecified atom stereocenters. The number of carbonyl (C=O) groups excluding carboxylic acids is 1. The average molecular weight is 296 g/mol. The minimum Gasteiger partial charge on any atom is -0.466 e. The van der Waals surface area contributed by atoms with Gasteiger partial charge in [0.1, 0.15) is 0 Å². The number of halogens is 1. The van der Waals surface area contributed by atoms with Crippen molar-refractivity contribution in [1.82, 2.24) is 4.57 Å². The summed E-state index contributed by atoms with van der Waals surface area (Å²) in [5.41, 5.74) is 1.14. The molecule has 0 amide bonds. The molecule has 0 spiro atoms. The zero-order chi connectivity index (χ0) is 12.3. The molecule has 17 heavy (non-hydrogen) atoms. The quantitative estimate of drug-likeness (QED) is 0.810. The molecule has 1 aromatic heterocycles. The van der Waals surface area contributed by atoms with Crippen LogP contribution in [0.25, 0.3) is 10.9 Å². The lowest BCUT2D eigenvalue weighted by molar-refractivity contribution is -0.143. The second-order valence-corrected chi connectivity index (χ2v) is 4.68. The van der Waals surface area contributed by atoms with Crippen LogP contribution in [0, 0.1) is 0 Å². The molecule has 0 radical (unpaired) electrons. The first-order valence-electron chi connectivity index (χ1n) is 5.60. The first kappa shape index (κ1) is 12.2. The van der Waals surface area contributed by atoms with Crippen LogP contribution in [0.5, 0.6) is 0 Å². The Hall–Kier alpha value is -1.29. The van der Waals surface area contributed by atoms with E-state index in [4.69, 9.17) is 4.74 Å². The van der Waals surface area contributed by atoms with Crippen LogP contribution >= 0.6 is 15.9 Å². The first-order valence-corrected chi connectivity index (χ1v) is 6.40. The minimum atomic E-state index is -0.147. The Bertz CT molecular complexity index is 533. The number of hydrogen-bond acceptors (Lipinski definition) is 2. The summed E-state index contributed by atoms with van der Waals surface area (Å²) in [6.07, 6.45) is 2.41. The van der Waals surface area contributed by atoms with Crippen LogP contribution in [0.1, 0.15) is 13.3 Å². The lowest BCUT2D eigenvalue weighted by Gasteiger charge is -2.05. The van der Waals surface area contributed by atoms with Gasteiger partial charge in [-0.15, -0.1) is 0 Å². The number of nitrogens with zero attached hydrogens (tertiary/aromatic N) is 1. The van der Waals surface area contributed by atoms with E-state index in [1.807, 2.05) is 31.3 Å². The Morgan fingerprint density at radius 1 is 1.41 bits per heavy atom. The van der Waals surface area contributed by atoms with Crippen LogP contribution in [-0.4, -0.2) is 17.1 Å². The fraction of sp³-hybridized carbons (Fsp3) is 0.308. The Morgan fingerprint density at radius 2 is 2.24 bits per heavy atom. The number of fused-ring (bicyclic) bond motifs is 1. The largest absolute Gasteiger partial charge is 0.466 e. The van der Waals surface area contributed by atoms with Crippen molar-refractivity contribution in [2.75, 3.05) is 6.61 Å². The molecule has 3 nitrogen and oxygen atoms in total. The predicted molar refractivity (Wildman–Crippen MR) is 70.9 cm³/mol. The summed E-state index contributed by atoms with van der Waals surface area (Å²) in [5, 5.41) is 1.17. The molecular formula is C13H14BrNO2. The van der Waals surface area contributed by atoms with Gasteiger partial charge in [0.05, 0.1) is 13.0 Å². The van der Waals surface area contributed by atoms with Gasteiger partial charge in [-0.3, -0.25) is 4.79 Å². The van der Waals surface area contributed by atoms with Crippen LogP contribution in [0.3, 0.4) is 0 Å². The van der Waals surface area contributed by atoms with Gasteiger partial charge in [0, 0.05) is 28.1 Å². The third-order valence-corrected chi connectivity index (χ3v) is 3.09. The van der Waals surface area contributed by atoms with Gasteiger partial charge in [-0.25, -0.2) is 0 Å². The van der Waals surface area contributed by atoms with E-state index < -0.39 is 0 Å². The lowest BCUT2D eigenvalue weighted by Crippen LogP contribution is -2.08. The van der Waals surface area contributed by atoms with Crippen LogP contribution in [0.2, 0.25) is 0 Å². The Kier molecular flexibility index (Phi) is 3.84. The topological polar surface area (TPSA) is 31.2 Å². The fourth-order valence-corrected chi connectivity index (χ4v) is 2.19. The molecule has 0 saturated carbocycles. The number of ether oxygens (including phenoxy) is 1. The molecule has 0 N–H and O–H groups in total. The number of aryl methyl sites for hydroxylation is 1. The normalized spacial score (nSPS) is 10.7. The van der Waals surface area contributed by atoms with E-state index in [0.29, 0.717) is 19.6 Å². The van der Waals surface area contributed by atoms with Crippen LogP contribution in [0.15, 0.2) is 34.9 Å². The summed E-state index contributed by atoms with van der Waals surface area (Å²) in [6.45, 7) is 2.92. The molecule has 0 atom stereocenters. The van der Waals surface area contributed by atoms with Crippen molar-refractivity contribution in [2.24, 2.45) is 0 Å². The number of benzene rings is 1. The van der Waals surface area contributed by atoms with Gasteiger partial charge in [0.15, 0.2) is 0 Å². The molecule has 1 aromatic carbocycles. The Morgan fingerprint density at radius 3 is 3.00 bits per heavy atom. The van der Waals surface area contributed by atoms with Crippen molar-refractivity contribution < 1.29 is 9.53 Å². The second kappa shape index (κ2) is 5.36. The van der Waals surface area contributed by atoms with Crippen molar-refractivity contribution in [3.8, 4) is 0 Å². The number of esters is 1. The van der Waals surface area contributed by atoms with Crippen molar-refractivity contribution in [2.45, 2.75) is 19.9 Å². The molecular weight excluding hydrogens is 282 g/mol. The number of rotatable bonds is 4. The molecule has 0 aliphatic heterocycles. The van der Waals surface area contributed by atoms with E-state index in [-0.39, 0.29) is 5.97 Å². The molecule has 0 aliphatic carbocycles. The maximum atomic E-state index is 11.3. The first-order chi connectivity index (χ1) is 8.20. The molecule has 2 aromatic rings. The monoisotopic (exact) mass is 295 g/mol. The van der Waals surface area contributed by atoms with Gasteiger partial charge >= 0.3 is 5.97 Å².